The molecule has 0 spiro atoms. The van der Waals surface area contributed by atoms with Gasteiger partial charge in [0.2, 0.25) is 5.91 Å². The van der Waals surface area contributed by atoms with Crippen LogP contribution in [0.3, 0.4) is 0 Å². The predicted molar refractivity (Wildman–Crippen MR) is 117 cm³/mol. The number of hydrogen-bond donors (Lipinski definition) is 0. The summed E-state index contributed by atoms with van der Waals surface area (Å²) in [5.74, 6) is 3.68. The van der Waals surface area contributed by atoms with Gasteiger partial charge in [-0.15, -0.1) is 6.42 Å². The molecule has 0 N–H and O–H groups in total. The van der Waals surface area contributed by atoms with E-state index in [0.717, 1.165) is 10.9 Å². The minimum Gasteiger partial charge on any atom is -0.326 e. The molecule has 2 aromatic rings. The predicted octanol–water partition coefficient (Wildman–Crippen LogP) is 4.83. The average molecular weight is 391 g/mol. The van der Waals surface area contributed by atoms with Crippen LogP contribution in [-0.2, 0) is 4.79 Å². The Bertz CT molecular complexity index is 972. The summed E-state index contributed by atoms with van der Waals surface area (Å²) in [6.45, 7) is 10.5. The highest BCUT2D eigenvalue weighted by Gasteiger charge is 2.43. The lowest BCUT2D eigenvalue weighted by Gasteiger charge is -2.26. The summed E-state index contributed by atoms with van der Waals surface area (Å²) in [4.78, 5) is 32.1. The third-order valence-corrected chi connectivity index (χ3v) is 6.58. The SMILES string of the molecule is C#CC1C(C)C(C)C(C)N1C(=O)CCC(=O)c1ccnc2ccc(C(C)C)cc12. The molecular formula is C25H30N2O2. The van der Waals surface area contributed by atoms with Gasteiger partial charge in [0.25, 0.3) is 0 Å². The lowest BCUT2D eigenvalue weighted by molar-refractivity contribution is -0.133. The van der Waals surface area contributed by atoms with Crippen LogP contribution in [0.4, 0.5) is 0 Å². The molecule has 1 amide bonds. The minimum absolute atomic E-state index is 0.0307. The zero-order valence-electron chi connectivity index (χ0n) is 18.0. The van der Waals surface area contributed by atoms with Crippen molar-refractivity contribution < 1.29 is 9.59 Å². The van der Waals surface area contributed by atoms with E-state index in [4.69, 9.17) is 6.42 Å². The van der Waals surface area contributed by atoms with Crippen LogP contribution < -0.4 is 0 Å². The van der Waals surface area contributed by atoms with E-state index in [1.807, 2.05) is 24.0 Å². The molecule has 1 aliphatic heterocycles. The van der Waals surface area contributed by atoms with E-state index >= 15 is 0 Å². The van der Waals surface area contributed by atoms with Crippen LogP contribution in [0.1, 0.15) is 69.3 Å². The second-order valence-electron chi connectivity index (χ2n) is 8.58. The molecule has 4 nitrogen and oxygen atoms in total. The highest BCUT2D eigenvalue weighted by Crippen LogP contribution is 2.35. The van der Waals surface area contributed by atoms with E-state index < -0.39 is 0 Å². The molecule has 4 unspecified atom stereocenters. The summed E-state index contributed by atoms with van der Waals surface area (Å²) in [6.07, 6.45) is 7.72. The maximum atomic E-state index is 13.0. The molecule has 4 heteroatoms. The Morgan fingerprint density at radius 1 is 1.14 bits per heavy atom. The van der Waals surface area contributed by atoms with Crippen LogP contribution in [0, 0.1) is 24.2 Å². The number of carbonyl (C=O) groups excluding carboxylic acids is 2. The Morgan fingerprint density at radius 2 is 1.86 bits per heavy atom. The molecule has 2 heterocycles. The number of ketones is 1. The molecule has 0 aliphatic carbocycles. The number of Topliss-reactive ketones (excluding diaryl/α,β-unsaturated/α-hetero) is 1. The number of pyridine rings is 1. The normalized spacial score (nSPS) is 24.1. The van der Waals surface area contributed by atoms with Gasteiger partial charge in [-0.2, -0.15) is 0 Å². The van der Waals surface area contributed by atoms with Gasteiger partial charge in [-0.25, -0.2) is 0 Å². The first-order chi connectivity index (χ1) is 13.8. The van der Waals surface area contributed by atoms with Gasteiger partial charge in [0, 0.05) is 36.0 Å². The zero-order valence-corrected chi connectivity index (χ0v) is 18.0. The topological polar surface area (TPSA) is 50.3 Å². The van der Waals surface area contributed by atoms with Crippen molar-refractivity contribution in [2.45, 2.75) is 65.5 Å². The van der Waals surface area contributed by atoms with E-state index in [9.17, 15) is 9.59 Å². The molecule has 1 aromatic carbocycles. The van der Waals surface area contributed by atoms with Gasteiger partial charge in [0.15, 0.2) is 5.78 Å². The Morgan fingerprint density at radius 3 is 2.52 bits per heavy atom. The lowest BCUT2D eigenvalue weighted by Crippen LogP contribution is -2.40. The third-order valence-electron chi connectivity index (χ3n) is 6.58. The number of likely N-dealkylation sites (tertiary alicyclic amines) is 1. The van der Waals surface area contributed by atoms with Crippen LogP contribution in [-0.4, -0.2) is 33.7 Å². The van der Waals surface area contributed by atoms with Gasteiger partial charge in [-0.3, -0.25) is 14.6 Å². The molecule has 0 bridgehead atoms. The van der Waals surface area contributed by atoms with E-state index in [1.54, 1.807) is 12.3 Å². The Labute approximate surface area is 173 Å². The summed E-state index contributed by atoms with van der Waals surface area (Å²) < 4.78 is 0. The number of fused-ring (bicyclic) bond motifs is 1. The minimum atomic E-state index is -0.196. The van der Waals surface area contributed by atoms with Crippen molar-refractivity contribution in [3.63, 3.8) is 0 Å². The zero-order chi connectivity index (χ0) is 21.3. The number of carbonyl (C=O) groups is 2. The molecule has 1 saturated heterocycles. The number of rotatable bonds is 5. The van der Waals surface area contributed by atoms with Gasteiger partial charge in [0.05, 0.1) is 11.6 Å². The van der Waals surface area contributed by atoms with Crippen LogP contribution >= 0.6 is 0 Å². The van der Waals surface area contributed by atoms with Crippen molar-refractivity contribution in [2.24, 2.45) is 11.8 Å². The largest absolute Gasteiger partial charge is 0.326 e. The summed E-state index contributed by atoms with van der Waals surface area (Å²) in [5.41, 5.74) is 2.60. The number of terminal acetylenes is 1. The fourth-order valence-corrected chi connectivity index (χ4v) is 4.35. The van der Waals surface area contributed by atoms with Gasteiger partial charge in [-0.05, 0) is 48.4 Å². The molecule has 0 saturated carbocycles. The molecule has 1 aliphatic rings. The monoisotopic (exact) mass is 390 g/mol. The van der Waals surface area contributed by atoms with Crippen LogP contribution in [0.2, 0.25) is 0 Å². The third kappa shape index (κ3) is 3.92. The van der Waals surface area contributed by atoms with Gasteiger partial charge >= 0.3 is 0 Å². The van der Waals surface area contributed by atoms with Gasteiger partial charge in [-0.1, -0.05) is 39.7 Å². The fraction of sp³-hybridized carbons (Fsp3) is 0.480. The number of nitrogens with zero attached hydrogens (tertiary/aromatic N) is 2. The maximum Gasteiger partial charge on any atom is 0.224 e. The molecule has 29 heavy (non-hydrogen) atoms. The van der Waals surface area contributed by atoms with Crippen molar-refractivity contribution in [3.05, 3.63) is 41.6 Å². The lowest BCUT2D eigenvalue weighted by atomic mass is 9.91. The van der Waals surface area contributed by atoms with Crippen molar-refractivity contribution >= 4 is 22.6 Å². The van der Waals surface area contributed by atoms with Gasteiger partial charge < -0.3 is 4.90 Å². The summed E-state index contributed by atoms with van der Waals surface area (Å²) >= 11 is 0. The number of benzene rings is 1. The summed E-state index contributed by atoms with van der Waals surface area (Å²) in [5, 5.41) is 0.856. The van der Waals surface area contributed by atoms with E-state index in [0.29, 0.717) is 17.4 Å². The maximum absolute atomic E-state index is 13.0. The van der Waals surface area contributed by atoms with Crippen molar-refractivity contribution in [1.82, 2.24) is 9.88 Å². The van der Waals surface area contributed by atoms with Crippen molar-refractivity contribution in [1.29, 1.82) is 0 Å². The summed E-state index contributed by atoms with van der Waals surface area (Å²) in [7, 11) is 0. The molecular weight excluding hydrogens is 360 g/mol. The van der Waals surface area contributed by atoms with Crippen molar-refractivity contribution in [3.8, 4) is 12.3 Å². The Balaban J connectivity index is 1.78. The second-order valence-corrected chi connectivity index (χ2v) is 8.58. The highest BCUT2D eigenvalue weighted by atomic mass is 16.2. The Kier molecular flexibility index (Phi) is 6.07. The molecule has 3 rings (SSSR count). The van der Waals surface area contributed by atoms with E-state index in [1.165, 1.54) is 5.56 Å². The van der Waals surface area contributed by atoms with Crippen LogP contribution in [0.5, 0.6) is 0 Å². The number of amides is 1. The quantitative estimate of drug-likeness (QED) is 0.543. The smallest absolute Gasteiger partial charge is 0.224 e. The standard InChI is InChI=1S/C25H30N2O2/c1-7-23-17(5)16(4)18(6)27(23)25(29)11-10-24(28)20-12-13-26-22-9-8-19(15(2)3)14-21(20)22/h1,8-9,12-18,23H,10-11H2,2-6H3. The molecule has 0 radical (unpaired) electrons. The van der Waals surface area contributed by atoms with E-state index in [2.05, 4.69) is 44.7 Å². The number of hydrogen-bond acceptors (Lipinski definition) is 3. The van der Waals surface area contributed by atoms with E-state index in [-0.39, 0.29) is 42.5 Å². The molecule has 1 fully saturated rings. The first-order valence-corrected chi connectivity index (χ1v) is 10.4. The Hall–Kier alpha value is -2.67. The first kappa shape index (κ1) is 21.0. The highest BCUT2D eigenvalue weighted by molar-refractivity contribution is 6.08. The van der Waals surface area contributed by atoms with Crippen molar-refractivity contribution in [2.75, 3.05) is 0 Å². The van der Waals surface area contributed by atoms with Crippen LogP contribution in [0.25, 0.3) is 10.9 Å². The number of aromatic nitrogens is 1. The molecule has 152 valence electrons. The average Bonchev–Trinajstić information content (AvgIpc) is 2.94. The summed E-state index contributed by atoms with van der Waals surface area (Å²) in [6, 6.07) is 7.70. The first-order valence-electron chi connectivity index (χ1n) is 10.4. The fourth-order valence-electron chi connectivity index (χ4n) is 4.35. The van der Waals surface area contributed by atoms with Crippen LogP contribution in [0.15, 0.2) is 30.5 Å². The second kappa shape index (κ2) is 8.37. The van der Waals surface area contributed by atoms with Gasteiger partial charge in [0.1, 0.15) is 0 Å². The molecule has 4 atom stereocenters. The molecule has 1 aromatic heterocycles.